The molecule has 5 heterocycles. The number of fused-ring (bicyclic) bond motifs is 2. The lowest BCUT2D eigenvalue weighted by Gasteiger charge is -2.25. The van der Waals surface area contributed by atoms with Crippen molar-refractivity contribution in [2.45, 2.75) is 12.1 Å². The van der Waals surface area contributed by atoms with Crippen LogP contribution in [0.15, 0.2) is 28.6 Å². The third-order valence-corrected chi connectivity index (χ3v) is 5.95. The van der Waals surface area contributed by atoms with Crippen molar-refractivity contribution < 1.29 is 19.0 Å². The zero-order chi connectivity index (χ0) is 20.1. The molecule has 0 amide bonds. The molecule has 2 saturated heterocycles. The number of morpholine rings is 1. The van der Waals surface area contributed by atoms with Gasteiger partial charge in [-0.25, -0.2) is 19.2 Å². The van der Waals surface area contributed by atoms with Crippen LogP contribution >= 0.6 is 23.7 Å². The minimum atomic E-state index is -1.39. The molecule has 158 valence electrons. The van der Waals surface area contributed by atoms with E-state index < -0.39 is 22.8 Å². The molecule has 0 spiro atoms. The van der Waals surface area contributed by atoms with E-state index in [-0.39, 0.29) is 41.4 Å². The second-order valence-corrected chi connectivity index (χ2v) is 7.77. The number of carboxylic acid groups (broad SMARTS) is 1. The van der Waals surface area contributed by atoms with Gasteiger partial charge in [0.15, 0.2) is 22.4 Å². The first-order valence-electron chi connectivity index (χ1n) is 9.02. The van der Waals surface area contributed by atoms with Gasteiger partial charge in [-0.1, -0.05) is 0 Å². The van der Waals surface area contributed by atoms with E-state index in [1.807, 2.05) is 0 Å². The van der Waals surface area contributed by atoms with Crippen LogP contribution in [0.4, 0.5) is 10.2 Å². The number of nitrogens with one attached hydrogen (secondary N) is 1. The summed E-state index contributed by atoms with van der Waals surface area (Å²) in [6, 6.07) is 1.14. The molecular weight excluding hydrogens is 437 g/mol. The van der Waals surface area contributed by atoms with Gasteiger partial charge in [-0.05, 0) is 6.07 Å². The molecule has 0 radical (unpaired) electrons. The topological polar surface area (TPSA) is 110 Å². The first-order chi connectivity index (χ1) is 14.0. The quantitative estimate of drug-likeness (QED) is 0.610. The SMILES string of the molecule is Cl.O=C(O)c1cn(-c2nccs2)c2nc(N3CC4NCCOC4C3)c(F)cc2c1=O. The van der Waals surface area contributed by atoms with Crippen LogP contribution < -0.4 is 15.6 Å². The number of hydrogen-bond acceptors (Lipinski definition) is 8. The first-order valence-corrected chi connectivity index (χ1v) is 9.90. The zero-order valence-electron chi connectivity index (χ0n) is 15.4. The van der Waals surface area contributed by atoms with E-state index in [0.29, 0.717) is 24.8 Å². The van der Waals surface area contributed by atoms with Gasteiger partial charge in [-0.15, -0.1) is 23.7 Å². The molecule has 3 aromatic rings. The average molecular weight is 454 g/mol. The maximum Gasteiger partial charge on any atom is 0.341 e. The number of carboxylic acids is 1. The van der Waals surface area contributed by atoms with Crippen molar-refractivity contribution in [3.63, 3.8) is 0 Å². The van der Waals surface area contributed by atoms with Crippen LogP contribution in [0.5, 0.6) is 0 Å². The smallest absolute Gasteiger partial charge is 0.341 e. The summed E-state index contributed by atoms with van der Waals surface area (Å²) < 4.78 is 22.1. The molecule has 12 heteroatoms. The van der Waals surface area contributed by atoms with Crippen molar-refractivity contribution in [3.05, 3.63) is 45.4 Å². The number of pyridine rings is 2. The van der Waals surface area contributed by atoms with Crippen LogP contribution in [0.2, 0.25) is 0 Å². The van der Waals surface area contributed by atoms with Gasteiger partial charge in [0.1, 0.15) is 5.56 Å². The lowest BCUT2D eigenvalue weighted by molar-refractivity contribution is 0.0212. The second kappa shape index (κ2) is 7.91. The molecule has 2 atom stereocenters. The van der Waals surface area contributed by atoms with Crippen molar-refractivity contribution in [1.82, 2.24) is 19.9 Å². The minimum Gasteiger partial charge on any atom is -0.477 e. The lowest BCUT2D eigenvalue weighted by atomic mass is 10.2. The summed E-state index contributed by atoms with van der Waals surface area (Å²) in [5, 5.41) is 14.8. The van der Waals surface area contributed by atoms with Gasteiger partial charge in [0.2, 0.25) is 5.43 Å². The number of halogens is 2. The molecule has 0 aromatic carbocycles. The molecule has 2 N–H and O–H groups in total. The number of aromatic nitrogens is 3. The Bertz CT molecular complexity index is 1160. The van der Waals surface area contributed by atoms with Crippen molar-refractivity contribution in [3.8, 4) is 5.13 Å². The molecule has 2 aliphatic heterocycles. The highest BCUT2D eigenvalue weighted by molar-refractivity contribution is 7.12. The van der Waals surface area contributed by atoms with Crippen molar-refractivity contribution >= 4 is 46.6 Å². The van der Waals surface area contributed by atoms with E-state index in [4.69, 9.17) is 4.74 Å². The number of ether oxygens (including phenoxy) is 1. The van der Waals surface area contributed by atoms with E-state index in [1.54, 1.807) is 16.5 Å². The Morgan fingerprint density at radius 2 is 2.23 bits per heavy atom. The predicted molar refractivity (Wildman–Crippen MR) is 111 cm³/mol. The molecule has 2 fully saturated rings. The van der Waals surface area contributed by atoms with Crippen LogP contribution in [0.3, 0.4) is 0 Å². The Hall–Kier alpha value is -2.60. The van der Waals surface area contributed by atoms with Crippen LogP contribution in [0, 0.1) is 5.82 Å². The molecule has 0 aliphatic carbocycles. The van der Waals surface area contributed by atoms with Gasteiger partial charge in [-0.3, -0.25) is 9.36 Å². The third-order valence-electron chi connectivity index (χ3n) is 5.18. The fourth-order valence-corrected chi connectivity index (χ4v) is 4.45. The Balaban J connectivity index is 0.00000218. The molecule has 2 unspecified atom stereocenters. The molecule has 2 aliphatic rings. The fraction of sp³-hybridized carbons (Fsp3) is 0.333. The van der Waals surface area contributed by atoms with E-state index in [2.05, 4.69) is 15.3 Å². The van der Waals surface area contributed by atoms with Gasteiger partial charge in [0, 0.05) is 37.4 Å². The average Bonchev–Trinajstić information content (AvgIpc) is 3.37. The number of thiazole rings is 1. The Kier molecular flexibility index (Phi) is 5.45. The molecule has 0 saturated carbocycles. The summed E-state index contributed by atoms with van der Waals surface area (Å²) >= 11 is 1.26. The molecule has 5 rings (SSSR count). The minimum absolute atomic E-state index is 0. The fourth-order valence-electron chi connectivity index (χ4n) is 3.84. The molecule has 3 aromatic heterocycles. The first kappa shape index (κ1) is 20.7. The van der Waals surface area contributed by atoms with E-state index in [9.17, 15) is 19.1 Å². The van der Waals surface area contributed by atoms with Crippen LogP contribution in [-0.4, -0.2) is 64.0 Å². The molecule has 30 heavy (non-hydrogen) atoms. The lowest BCUT2D eigenvalue weighted by Crippen LogP contribution is -2.47. The number of anilines is 1. The molecular formula is C18H17ClFN5O4S. The zero-order valence-corrected chi connectivity index (χ0v) is 17.1. The summed E-state index contributed by atoms with van der Waals surface area (Å²) in [5.74, 6) is -1.97. The summed E-state index contributed by atoms with van der Waals surface area (Å²) in [5.41, 5.74) is -1.08. The summed E-state index contributed by atoms with van der Waals surface area (Å²) in [6.07, 6.45) is 2.69. The Labute approximate surface area is 179 Å². The van der Waals surface area contributed by atoms with E-state index in [0.717, 1.165) is 12.6 Å². The van der Waals surface area contributed by atoms with Crippen LogP contribution in [0.1, 0.15) is 10.4 Å². The maximum absolute atomic E-state index is 15.0. The van der Waals surface area contributed by atoms with E-state index >= 15 is 0 Å². The van der Waals surface area contributed by atoms with Crippen LogP contribution in [-0.2, 0) is 4.74 Å². The number of aromatic carboxylic acids is 1. The van der Waals surface area contributed by atoms with Crippen molar-refractivity contribution in [1.29, 1.82) is 0 Å². The van der Waals surface area contributed by atoms with Gasteiger partial charge >= 0.3 is 5.97 Å². The van der Waals surface area contributed by atoms with Gasteiger partial charge in [0.25, 0.3) is 0 Å². The standard InChI is InChI=1S/C18H16FN5O4S.ClH/c19-11-5-9-14(25)10(17(26)27)6-24(18-21-2-4-29-18)15(9)22-16(11)23-7-12-13(8-23)28-3-1-20-12;/h2,4-6,12-13,20H,1,3,7-8H2,(H,26,27);1H. The Morgan fingerprint density at radius 3 is 2.93 bits per heavy atom. The van der Waals surface area contributed by atoms with Gasteiger partial charge < -0.3 is 20.1 Å². The normalized spacial score (nSPS) is 20.8. The second-order valence-electron chi connectivity index (χ2n) is 6.90. The monoisotopic (exact) mass is 453 g/mol. The van der Waals surface area contributed by atoms with Gasteiger partial charge in [0.05, 0.1) is 24.1 Å². The summed E-state index contributed by atoms with van der Waals surface area (Å²) in [4.78, 5) is 34.5. The number of hydrogen-bond donors (Lipinski definition) is 2. The van der Waals surface area contributed by atoms with E-state index in [1.165, 1.54) is 22.1 Å². The highest BCUT2D eigenvalue weighted by Gasteiger charge is 2.37. The van der Waals surface area contributed by atoms with Gasteiger partial charge in [-0.2, -0.15) is 0 Å². The van der Waals surface area contributed by atoms with Crippen molar-refractivity contribution in [2.24, 2.45) is 0 Å². The number of nitrogens with zero attached hydrogens (tertiary/aromatic N) is 4. The Morgan fingerprint density at radius 1 is 1.40 bits per heavy atom. The number of carbonyl (C=O) groups is 1. The third kappa shape index (κ3) is 3.33. The highest BCUT2D eigenvalue weighted by atomic mass is 35.5. The summed E-state index contributed by atoms with van der Waals surface area (Å²) in [6.45, 7) is 2.34. The largest absolute Gasteiger partial charge is 0.477 e. The molecule has 9 nitrogen and oxygen atoms in total. The predicted octanol–water partition coefficient (Wildman–Crippen LogP) is 1.28. The summed E-state index contributed by atoms with van der Waals surface area (Å²) in [7, 11) is 0. The maximum atomic E-state index is 15.0. The highest BCUT2D eigenvalue weighted by Crippen LogP contribution is 2.28. The molecule has 0 bridgehead atoms. The van der Waals surface area contributed by atoms with Crippen molar-refractivity contribution in [2.75, 3.05) is 31.1 Å². The number of rotatable bonds is 3. The van der Waals surface area contributed by atoms with Crippen LogP contribution in [0.25, 0.3) is 16.2 Å².